The Balaban J connectivity index is 2.15. The van der Waals surface area contributed by atoms with Crippen molar-refractivity contribution in [2.45, 2.75) is 49.2 Å². The van der Waals surface area contributed by atoms with Crippen LogP contribution in [0.3, 0.4) is 0 Å². The monoisotopic (exact) mass is 366 g/mol. The third-order valence-corrected chi connectivity index (χ3v) is 4.71. The SMILES string of the molecule is COC1COC(O[C@H]2[C@H](OC)OC[C@@H](OC)[C@@H]2OC)C(OC)C1OC. The van der Waals surface area contributed by atoms with Crippen molar-refractivity contribution in [3.63, 3.8) is 0 Å². The Labute approximate surface area is 148 Å². The summed E-state index contributed by atoms with van der Waals surface area (Å²) in [5, 5.41) is 0. The lowest BCUT2D eigenvalue weighted by atomic mass is 10.0. The van der Waals surface area contributed by atoms with Gasteiger partial charge in [0.1, 0.15) is 36.6 Å². The van der Waals surface area contributed by atoms with Crippen molar-refractivity contribution in [1.29, 1.82) is 0 Å². The van der Waals surface area contributed by atoms with Crippen molar-refractivity contribution in [3.8, 4) is 0 Å². The molecule has 2 saturated heterocycles. The van der Waals surface area contributed by atoms with E-state index in [1.165, 1.54) is 0 Å². The largest absolute Gasteiger partial charge is 0.376 e. The highest BCUT2D eigenvalue weighted by atomic mass is 16.8. The minimum absolute atomic E-state index is 0.249. The van der Waals surface area contributed by atoms with Crippen molar-refractivity contribution in [2.24, 2.45) is 0 Å². The molecule has 0 aromatic carbocycles. The van der Waals surface area contributed by atoms with Gasteiger partial charge in [-0.2, -0.15) is 0 Å². The van der Waals surface area contributed by atoms with E-state index in [4.69, 9.17) is 42.6 Å². The average Bonchev–Trinajstić information content (AvgIpc) is 2.66. The smallest absolute Gasteiger partial charge is 0.187 e. The van der Waals surface area contributed by atoms with Crippen LogP contribution >= 0.6 is 0 Å². The van der Waals surface area contributed by atoms with Gasteiger partial charge in [-0.05, 0) is 0 Å². The first kappa shape index (κ1) is 20.9. The quantitative estimate of drug-likeness (QED) is 0.580. The van der Waals surface area contributed by atoms with Gasteiger partial charge in [-0.3, -0.25) is 0 Å². The molecule has 0 radical (unpaired) electrons. The zero-order valence-corrected chi connectivity index (χ0v) is 15.7. The van der Waals surface area contributed by atoms with Crippen molar-refractivity contribution >= 4 is 0 Å². The first-order valence-electron chi connectivity index (χ1n) is 8.20. The van der Waals surface area contributed by atoms with Crippen LogP contribution in [-0.4, -0.2) is 105 Å². The molecule has 0 aromatic rings. The maximum Gasteiger partial charge on any atom is 0.187 e. The summed E-state index contributed by atoms with van der Waals surface area (Å²) in [6, 6.07) is 0. The summed E-state index contributed by atoms with van der Waals surface area (Å²) in [6.07, 6.45) is -3.60. The molecule has 2 rings (SSSR count). The van der Waals surface area contributed by atoms with Crippen LogP contribution in [0.2, 0.25) is 0 Å². The van der Waals surface area contributed by atoms with Crippen molar-refractivity contribution in [3.05, 3.63) is 0 Å². The maximum atomic E-state index is 6.16. The van der Waals surface area contributed by atoms with E-state index in [1.807, 2.05) is 0 Å². The van der Waals surface area contributed by atoms with E-state index < -0.39 is 24.8 Å². The Morgan fingerprint density at radius 2 is 1.00 bits per heavy atom. The Morgan fingerprint density at radius 3 is 1.44 bits per heavy atom. The van der Waals surface area contributed by atoms with E-state index in [1.54, 1.807) is 42.7 Å². The molecule has 4 unspecified atom stereocenters. The Bertz CT molecular complexity index is 383. The van der Waals surface area contributed by atoms with Crippen LogP contribution in [0.1, 0.15) is 0 Å². The molecule has 25 heavy (non-hydrogen) atoms. The van der Waals surface area contributed by atoms with Crippen LogP contribution in [0.5, 0.6) is 0 Å². The maximum absolute atomic E-state index is 6.16. The molecule has 0 saturated carbocycles. The third kappa shape index (κ3) is 4.49. The lowest BCUT2D eigenvalue weighted by Gasteiger charge is -2.45. The molecule has 2 heterocycles. The lowest BCUT2D eigenvalue weighted by molar-refractivity contribution is -0.347. The molecule has 0 amide bonds. The molecule has 2 fully saturated rings. The Kier molecular flexibility index (Phi) is 8.46. The van der Waals surface area contributed by atoms with Crippen LogP contribution in [-0.2, 0) is 42.6 Å². The van der Waals surface area contributed by atoms with E-state index in [0.717, 1.165) is 0 Å². The molecule has 0 aliphatic carbocycles. The Hall–Kier alpha value is -0.360. The third-order valence-electron chi connectivity index (χ3n) is 4.71. The first-order chi connectivity index (χ1) is 12.1. The van der Waals surface area contributed by atoms with Gasteiger partial charge < -0.3 is 42.6 Å². The zero-order chi connectivity index (χ0) is 18.4. The summed E-state index contributed by atoms with van der Waals surface area (Å²) >= 11 is 0. The van der Waals surface area contributed by atoms with E-state index in [-0.39, 0.29) is 24.4 Å². The Morgan fingerprint density at radius 1 is 0.520 bits per heavy atom. The molecule has 0 spiro atoms. The molecular weight excluding hydrogens is 336 g/mol. The van der Waals surface area contributed by atoms with Gasteiger partial charge >= 0.3 is 0 Å². The van der Waals surface area contributed by atoms with Gasteiger partial charge in [0.05, 0.1) is 13.2 Å². The average molecular weight is 366 g/mol. The molecule has 9 heteroatoms. The van der Waals surface area contributed by atoms with E-state index in [9.17, 15) is 0 Å². The van der Waals surface area contributed by atoms with Crippen LogP contribution in [0.25, 0.3) is 0 Å². The summed E-state index contributed by atoms with van der Waals surface area (Å²) < 4.78 is 50.6. The van der Waals surface area contributed by atoms with Crippen LogP contribution in [0.4, 0.5) is 0 Å². The summed E-state index contributed by atoms with van der Waals surface area (Å²) in [6.45, 7) is 0.662. The van der Waals surface area contributed by atoms with Crippen LogP contribution in [0, 0.1) is 0 Å². The van der Waals surface area contributed by atoms with Crippen molar-refractivity contribution in [2.75, 3.05) is 55.9 Å². The number of rotatable bonds is 8. The second kappa shape index (κ2) is 10.1. The predicted octanol–water partition coefficient (Wildman–Crippen LogP) is -0.194. The van der Waals surface area contributed by atoms with Gasteiger partial charge in [-0.25, -0.2) is 0 Å². The lowest BCUT2D eigenvalue weighted by Crippen LogP contribution is -2.61. The molecular formula is C16H30O9. The molecule has 0 N–H and O–H groups in total. The van der Waals surface area contributed by atoms with Gasteiger partial charge in [0.15, 0.2) is 12.6 Å². The molecule has 2 aliphatic heterocycles. The molecule has 148 valence electrons. The zero-order valence-electron chi connectivity index (χ0n) is 15.7. The minimum Gasteiger partial charge on any atom is -0.376 e. The second-order valence-electron chi connectivity index (χ2n) is 5.89. The fourth-order valence-corrected chi connectivity index (χ4v) is 3.33. The van der Waals surface area contributed by atoms with E-state index in [2.05, 4.69) is 0 Å². The normalized spacial score (nSPS) is 42.5. The van der Waals surface area contributed by atoms with E-state index in [0.29, 0.717) is 13.2 Å². The summed E-state index contributed by atoms with van der Waals surface area (Å²) in [5.41, 5.74) is 0. The number of hydrogen-bond donors (Lipinski definition) is 0. The molecule has 2 aliphatic rings. The van der Waals surface area contributed by atoms with Gasteiger partial charge in [0.2, 0.25) is 0 Å². The number of hydrogen-bond acceptors (Lipinski definition) is 9. The van der Waals surface area contributed by atoms with Crippen LogP contribution < -0.4 is 0 Å². The van der Waals surface area contributed by atoms with E-state index >= 15 is 0 Å². The highest BCUT2D eigenvalue weighted by Gasteiger charge is 2.48. The second-order valence-corrected chi connectivity index (χ2v) is 5.89. The fourth-order valence-electron chi connectivity index (χ4n) is 3.33. The first-order valence-corrected chi connectivity index (χ1v) is 8.20. The standard InChI is InChI=1S/C16H30O9/c1-17-9-8-24-16(13(21-5)11(9)19-3)25-14-12(20-4)10(18-2)7-23-15(14)22-6/h9-16H,7-8H2,1-6H3/t9?,10-,11?,12+,13?,14-,15-,16?/m1/s1. The van der Waals surface area contributed by atoms with Gasteiger partial charge in [-0.15, -0.1) is 0 Å². The summed E-state index contributed by atoms with van der Waals surface area (Å²) in [4.78, 5) is 0. The molecule has 0 aromatic heterocycles. The molecule has 0 bridgehead atoms. The number of ether oxygens (including phenoxy) is 9. The predicted molar refractivity (Wildman–Crippen MR) is 85.3 cm³/mol. The highest BCUT2D eigenvalue weighted by molar-refractivity contribution is 4.91. The number of methoxy groups -OCH3 is 6. The van der Waals surface area contributed by atoms with Gasteiger partial charge in [0, 0.05) is 42.7 Å². The van der Waals surface area contributed by atoms with Gasteiger partial charge in [-0.1, -0.05) is 0 Å². The molecule has 9 nitrogen and oxygen atoms in total. The topological polar surface area (TPSA) is 83.1 Å². The fraction of sp³-hybridized carbons (Fsp3) is 1.00. The summed E-state index contributed by atoms with van der Waals surface area (Å²) in [7, 11) is 9.53. The molecule has 8 atom stereocenters. The van der Waals surface area contributed by atoms with Crippen molar-refractivity contribution < 1.29 is 42.6 Å². The van der Waals surface area contributed by atoms with Crippen LogP contribution in [0.15, 0.2) is 0 Å². The van der Waals surface area contributed by atoms with Crippen molar-refractivity contribution in [1.82, 2.24) is 0 Å². The summed E-state index contributed by atoms with van der Waals surface area (Å²) in [5.74, 6) is 0. The minimum atomic E-state index is -0.694. The van der Waals surface area contributed by atoms with Gasteiger partial charge in [0.25, 0.3) is 0 Å². The highest BCUT2D eigenvalue weighted by Crippen LogP contribution is 2.29.